The van der Waals surface area contributed by atoms with Crippen LogP contribution in [0.1, 0.15) is 6.92 Å². The van der Waals surface area contributed by atoms with Gasteiger partial charge in [-0.15, -0.1) is 10.2 Å². The van der Waals surface area contributed by atoms with E-state index in [0.717, 1.165) is 4.91 Å². The Hall–Kier alpha value is -1.70. The molecule has 2 rings (SSSR count). The second-order valence-corrected chi connectivity index (χ2v) is 5.14. The molecule has 1 aliphatic rings. The van der Waals surface area contributed by atoms with Crippen LogP contribution in [0.3, 0.4) is 0 Å². The molecule has 1 amide bonds. The van der Waals surface area contributed by atoms with E-state index in [1.807, 2.05) is 32.1 Å². The SMILES string of the molecule is CCN1C(=O)/C(=C\N(C)C)SC1Nn1cnnc1. The summed E-state index contributed by atoms with van der Waals surface area (Å²) in [5.41, 5.74) is 3.02. The first-order valence-corrected chi connectivity index (χ1v) is 6.47. The van der Waals surface area contributed by atoms with Gasteiger partial charge in [-0.25, -0.2) is 4.68 Å². The number of amides is 1. The van der Waals surface area contributed by atoms with Crippen molar-refractivity contribution < 1.29 is 4.79 Å². The van der Waals surface area contributed by atoms with Gasteiger partial charge in [0.15, 0.2) is 5.50 Å². The number of likely N-dealkylation sites (N-methyl/N-ethyl adjacent to an activating group) is 1. The lowest BCUT2D eigenvalue weighted by atomic mass is 10.4. The van der Waals surface area contributed by atoms with Crippen molar-refractivity contribution in [2.45, 2.75) is 12.4 Å². The molecular weight excluding hydrogens is 252 g/mol. The smallest absolute Gasteiger partial charge is 0.264 e. The highest BCUT2D eigenvalue weighted by Crippen LogP contribution is 2.33. The molecule has 7 nitrogen and oxygen atoms in total. The van der Waals surface area contributed by atoms with Gasteiger partial charge in [-0.2, -0.15) is 0 Å². The molecule has 18 heavy (non-hydrogen) atoms. The number of carbonyl (C=O) groups is 1. The first kappa shape index (κ1) is 12.7. The maximum atomic E-state index is 12.1. The molecule has 1 aliphatic heterocycles. The fourth-order valence-electron chi connectivity index (χ4n) is 1.60. The van der Waals surface area contributed by atoms with Gasteiger partial charge < -0.3 is 9.80 Å². The predicted octanol–water partition coefficient (Wildman–Crippen LogP) is 0.103. The summed E-state index contributed by atoms with van der Waals surface area (Å²) in [7, 11) is 3.80. The van der Waals surface area contributed by atoms with Crippen molar-refractivity contribution in [3.05, 3.63) is 23.8 Å². The Morgan fingerprint density at radius 1 is 1.50 bits per heavy atom. The van der Waals surface area contributed by atoms with E-state index >= 15 is 0 Å². The zero-order valence-corrected chi connectivity index (χ0v) is 11.4. The van der Waals surface area contributed by atoms with Gasteiger partial charge in [-0.3, -0.25) is 10.2 Å². The zero-order chi connectivity index (χ0) is 13.1. The van der Waals surface area contributed by atoms with Crippen LogP contribution in [0.15, 0.2) is 23.8 Å². The van der Waals surface area contributed by atoms with E-state index in [0.29, 0.717) is 6.54 Å². The van der Waals surface area contributed by atoms with Crippen molar-refractivity contribution in [1.29, 1.82) is 0 Å². The van der Waals surface area contributed by atoms with Crippen LogP contribution in [0.4, 0.5) is 0 Å². The van der Waals surface area contributed by atoms with E-state index in [1.165, 1.54) is 11.8 Å². The summed E-state index contributed by atoms with van der Waals surface area (Å²) in [5, 5.41) is 7.43. The zero-order valence-electron chi connectivity index (χ0n) is 10.6. The molecule has 1 unspecified atom stereocenters. The van der Waals surface area contributed by atoms with E-state index < -0.39 is 0 Å². The summed E-state index contributed by atoms with van der Waals surface area (Å²) < 4.78 is 1.65. The third kappa shape index (κ3) is 2.58. The van der Waals surface area contributed by atoms with Gasteiger partial charge in [0.05, 0.1) is 4.91 Å². The van der Waals surface area contributed by atoms with Gasteiger partial charge in [0.2, 0.25) is 0 Å². The van der Waals surface area contributed by atoms with Crippen LogP contribution in [0.25, 0.3) is 0 Å². The summed E-state index contributed by atoms with van der Waals surface area (Å²) in [5.74, 6) is 0.0433. The molecule has 8 heteroatoms. The Balaban J connectivity index is 2.13. The Bertz CT molecular complexity index is 443. The van der Waals surface area contributed by atoms with Gasteiger partial charge in [-0.05, 0) is 6.92 Å². The molecule has 1 atom stereocenters. The van der Waals surface area contributed by atoms with Crippen LogP contribution in [0, 0.1) is 0 Å². The fraction of sp³-hybridized carbons (Fsp3) is 0.500. The summed E-state index contributed by atoms with van der Waals surface area (Å²) in [6, 6.07) is 0. The van der Waals surface area contributed by atoms with Gasteiger partial charge >= 0.3 is 0 Å². The average molecular weight is 268 g/mol. The number of hydrogen-bond donors (Lipinski definition) is 1. The van der Waals surface area contributed by atoms with E-state index in [-0.39, 0.29) is 11.4 Å². The third-order valence-electron chi connectivity index (χ3n) is 2.39. The molecule has 1 aromatic heterocycles. The van der Waals surface area contributed by atoms with Crippen molar-refractivity contribution in [1.82, 2.24) is 24.7 Å². The van der Waals surface area contributed by atoms with Gasteiger partial charge in [-0.1, -0.05) is 11.8 Å². The highest BCUT2D eigenvalue weighted by molar-refractivity contribution is 8.05. The van der Waals surface area contributed by atoms with E-state index in [2.05, 4.69) is 15.6 Å². The lowest BCUT2D eigenvalue weighted by molar-refractivity contribution is -0.125. The number of aromatic nitrogens is 3. The largest absolute Gasteiger partial charge is 0.382 e. The van der Waals surface area contributed by atoms with Gasteiger partial charge in [0.25, 0.3) is 5.91 Å². The second-order valence-electron chi connectivity index (χ2n) is 4.02. The van der Waals surface area contributed by atoms with Crippen molar-refractivity contribution in [2.75, 3.05) is 26.1 Å². The fourth-order valence-corrected chi connectivity index (χ4v) is 2.88. The Morgan fingerprint density at radius 3 is 2.72 bits per heavy atom. The van der Waals surface area contributed by atoms with Gasteiger partial charge in [0, 0.05) is 26.8 Å². The van der Waals surface area contributed by atoms with E-state index in [9.17, 15) is 4.79 Å². The number of thioether (sulfide) groups is 1. The average Bonchev–Trinajstić information content (AvgIpc) is 2.89. The number of nitrogens with zero attached hydrogens (tertiary/aromatic N) is 5. The molecular formula is C10H16N6OS. The van der Waals surface area contributed by atoms with Crippen molar-refractivity contribution in [3.8, 4) is 0 Å². The Labute approximate surface area is 110 Å². The molecule has 0 aliphatic carbocycles. The minimum absolute atomic E-state index is 0.0433. The summed E-state index contributed by atoms with van der Waals surface area (Å²) in [6.45, 7) is 2.61. The molecule has 98 valence electrons. The van der Waals surface area contributed by atoms with Gasteiger partial charge in [0.1, 0.15) is 12.7 Å². The molecule has 1 aromatic rings. The predicted molar refractivity (Wildman–Crippen MR) is 69.9 cm³/mol. The van der Waals surface area contributed by atoms with Crippen LogP contribution in [0.5, 0.6) is 0 Å². The molecule has 1 fully saturated rings. The monoisotopic (exact) mass is 268 g/mol. The highest BCUT2D eigenvalue weighted by Gasteiger charge is 2.35. The summed E-state index contributed by atoms with van der Waals surface area (Å²) in [4.78, 5) is 16.5. The maximum Gasteiger partial charge on any atom is 0.264 e. The minimum Gasteiger partial charge on any atom is -0.382 e. The first-order chi connectivity index (χ1) is 8.61. The Morgan fingerprint density at radius 2 is 2.17 bits per heavy atom. The highest BCUT2D eigenvalue weighted by atomic mass is 32.2. The standard InChI is InChI=1S/C10H16N6OS/c1-4-16-9(17)8(5-14(2)3)18-10(16)13-15-6-11-12-7-15/h5-7,10,13H,4H2,1-3H3/b8-5+. The first-order valence-electron chi connectivity index (χ1n) is 5.59. The molecule has 0 spiro atoms. The minimum atomic E-state index is -0.135. The topological polar surface area (TPSA) is 66.3 Å². The van der Waals surface area contributed by atoms with Crippen molar-refractivity contribution >= 4 is 17.7 Å². The number of hydrogen-bond acceptors (Lipinski definition) is 6. The molecule has 1 saturated heterocycles. The summed E-state index contributed by atoms with van der Waals surface area (Å²) >= 11 is 1.49. The second kappa shape index (κ2) is 5.30. The normalized spacial score (nSPS) is 21.7. The molecule has 0 bridgehead atoms. The number of nitrogens with one attached hydrogen (secondary N) is 1. The van der Waals surface area contributed by atoms with Crippen LogP contribution < -0.4 is 5.43 Å². The van der Waals surface area contributed by atoms with Crippen LogP contribution >= 0.6 is 11.8 Å². The lowest BCUT2D eigenvalue weighted by Gasteiger charge is -2.22. The molecule has 0 radical (unpaired) electrons. The molecule has 2 heterocycles. The van der Waals surface area contributed by atoms with Crippen molar-refractivity contribution in [3.63, 3.8) is 0 Å². The quantitative estimate of drug-likeness (QED) is 0.782. The Kier molecular flexibility index (Phi) is 3.75. The van der Waals surface area contributed by atoms with Crippen LogP contribution in [-0.4, -0.2) is 56.7 Å². The molecule has 0 saturated carbocycles. The molecule has 1 N–H and O–H groups in total. The third-order valence-corrected chi connectivity index (χ3v) is 3.50. The van der Waals surface area contributed by atoms with E-state index in [1.54, 1.807) is 22.2 Å². The maximum absolute atomic E-state index is 12.1. The lowest BCUT2D eigenvalue weighted by Crippen LogP contribution is -2.40. The summed E-state index contributed by atoms with van der Waals surface area (Å²) in [6.07, 6.45) is 4.96. The van der Waals surface area contributed by atoms with E-state index in [4.69, 9.17) is 0 Å². The van der Waals surface area contributed by atoms with Crippen molar-refractivity contribution in [2.24, 2.45) is 0 Å². The van der Waals surface area contributed by atoms with Crippen LogP contribution in [-0.2, 0) is 4.79 Å². The number of carbonyl (C=O) groups excluding carboxylic acids is 1. The number of rotatable bonds is 4. The van der Waals surface area contributed by atoms with Crippen LogP contribution in [0.2, 0.25) is 0 Å². The molecule has 0 aromatic carbocycles.